The van der Waals surface area contributed by atoms with Gasteiger partial charge in [-0.2, -0.15) is 5.10 Å². The first-order chi connectivity index (χ1) is 18.5. The van der Waals surface area contributed by atoms with Crippen molar-refractivity contribution < 1.29 is 14.7 Å². The SMILES string of the molecule is Cc1cc(C)n(Cc2cccc(CNC(=O)C3CC(O)CN3C(=O)[C@@H](n3cc(C4CC4)nn3)C(C)(C)C)c2)n1. The molecule has 2 unspecified atom stereocenters. The molecule has 208 valence electrons. The molecule has 2 N–H and O–H groups in total. The van der Waals surface area contributed by atoms with Crippen LogP contribution in [0.4, 0.5) is 0 Å². The topological polar surface area (TPSA) is 118 Å². The normalized spacial score (nSPS) is 20.3. The highest BCUT2D eigenvalue weighted by Gasteiger charge is 2.45. The quantitative estimate of drug-likeness (QED) is 0.460. The second-order valence-corrected chi connectivity index (χ2v) is 12.2. The van der Waals surface area contributed by atoms with Crippen molar-refractivity contribution in [2.24, 2.45) is 5.41 Å². The summed E-state index contributed by atoms with van der Waals surface area (Å²) in [4.78, 5) is 28.8. The smallest absolute Gasteiger partial charge is 0.248 e. The Balaban J connectivity index is 1.27. The Bertz CT molecular complexity index is 1350. The third kappa shape index (κ3) is 6.06. The number of rotatable bonds is 8. The van der Waals surface area contributed by atoms with Gasteiger partial charge >= 0.3 is 0 Å². The number of hydrogen-bond donors (Lipinski definition) is 2. The first kappa shape index (κ1) is 27.1. The second-order valence-electron chi connectivity index (χ2n) is 12.2. The minimum Gasteiger partial charge on any atom is -0.391 e. The number of aliphatic hydroxyl groups excluding tert-OH is 1. The van der Waals surface area contributed by atoms with Crippen LogP contribution >= 0.6 is 0 Å². The number of hydrogen-bond acceptors (Lipinski definition) is 6. The zero-order valence-corrected chi connectivity index (χ0v) is 23.5. The van der Waals surface area contributed by atoms with E-state index in [1.54, 1.807) is 4.68 Å². The van der Waals surface area contributed by atoms with E-state index in [0.717, 1.165) is 41.1 Å². The Hall–Kier alpha value is -3.53. The van der Waals surface area contributed by atoms with Crippen LogP contribution in [-0.2, 0) is 22.7 Å². The summed E-state index contributed by atoms with van der Waals surface area (Å²) in [5.74, 6) is -0.0695. The number of aryl methyl sites for hydroxylation is 2. The van der Waals surface area contributed by atoms with Crippen LogP contribution in [-0.4, -0.2) is 65.3 Å². The van der Waals surface area contributed by atoms with E-state index in [1.807, 2.05) is 69.8 Å². The largest absolute Gasteiger partial charge is 0.391 e. The monoisotopic (exact) mass is 533 g/mol. The molecule has 1 aromatic carbocycles. The van der Waals surface area contributed by atoms with Gasteiger partial charge in [0.2, 0.25) is 11.8 Å². The summed E-state index contributed by atoms with van der Waals surface area (Å²) in [5, 5.41) is 26.6. The number of benzene rings is 1. The van der Waals surface area contributed by atoms with Crippen molar-refractivity contribution in [2.75, 3.05) is 6.54 Å². The predicted octanol–water partition coefficient (Wildman–Crippen LogP) is 2.88. The number of likely N-dealkylation sites (tertiary alicyclic amines) is 1. The fraction of sp³-hybridized carbons (Fsp3) is 0.552. The molecular formula is C29H39N7O3. The Morgan fingerprint density at radius 2 is 1.90 bits per heavy atom. The van der Waals surface area contributed by atoms with Crippen LogP contribution in [0.3, 0.4) is 0 Å². The number of β-amino-alcohol motifs (C(OH)–C–C–N with tert-alkyl or cyclic N) is 1. The molecule has 0 radical (unpaired) electrons. The van der Waals surface area contributed by atoms with Gasteiger partial charge in [-0.25, -0.2) is 4.68 Å². The zero-order chi connectivity index (χ0) is 27.9. The van der Waals surface area contributed by atoms with Gasteiger partial charge in [-0.3, -0.25) is 14.3 Å². The lowest BCUT2D eigenvalue weighted by Crippen LogP contribution is -2.50. The lowest BCUT2D eigenvalue weighted by molar-refractivity contribution is -0.144. The van der Waals surface area contributed by atoms with Crippen molar-refractivity contribution >= 4 is 11.8 Å². The maximum absolute atomic E-state index is 13.9. The Morgan fingerprint density at radius 1 is 1.15 bits per heavy atom. The van der Waals surface area contributed by atoms with Gasteiger partial charge in [-0.15, -0.1) is 5.10 Å². The molecule has 2 aromatic heterocycles. The van der Waals surface area contributed by atoms with Crippen LogP contribution in [0.1, 0.15) is 80.2 Å². The van der Waals surface area contributed by atoms with Crippen LogP contribution in [0.25, 0.3) is 0 Å². The standard InChI is InChI=1S/C29H39N7O3/c1-18-11-19(2)35(32-18)15-21-8-6-7-20(12-21)14-30-27(38)25-13-23(37)16-34(25)28(39)26(29(3,4)5)36-17-24(31-33-36)22-9-10-22/h6-8,11-12,17,22-23,25-26,37H,9-10,13-16H2,1-5H3,(H,30,38)/t23?,25?,26-/m1/s1. The lowest BCUT2D eigenvalue weighted by atomic mass is 9.85. The molecule has 3 heterocycles. The van der Waals surface area contributed by atoms with Crippen molar-refractivity contribution in [3.05, 3.63) is 64.7 Å². The van der Waals surface area contributed by atoms with E-state index in [0.29, 0.717) is 19.0 Å². The maximum atomic E-state index is 13.9. The summed E-state index contributed by atoms with van der Waals surface area (Å²) in [5.41, 5.74) is 4.57. The fourth-order valence-electron chi connectivity index (χ4n) is 5.48. The summed E-state index contributed by atoms with van der Waals surface area (Å²) < 4.78 is 3.61. The van der Waals surface area contributed by atoms with Crippen LogP contribution in [0, 0.1) is 19.3 Å². The first-order valence-corrected chi connectivity index (χ1v) is 13.8. The highest BCUT2D eigenvalue weighted by molar-refractivity contribution is 5.90. The summed E-state index contributed by atoms with van der Waals surface area (Å²) in [6.45, 7) is 11.0. The fourth-order valence-corrected chi connectivity index (χ4v) is 5.48. The van der Waals surface area contributed by atoms with Crippen LogP contribution in [0.5, 0.6) is 0 Å². The third-order valence-corrected chi connectivity index (χ3v) is 7.60. The number of amides is 2. The molecule has 5 rings (SSSR count). The lowest BCUT2D eigenvalue weighted by Gasteiger charge is -2.34. The molecule has 0 bridgehead atoms. The molecule has 10 nitrogen and oxygen atoms in total. The van der Waals surface area contributed by atoms with Gasteiger partial charge in [-0.05, 0) is 49.3 Å². The number of carbonyl (C=O) groups is 2. The Labute approximate surface area is 229 Å². The molecular weight excluding hydrogens is 494 g/mol. The number of nitrogens with one attached hydrogen (secondary N) is 1. The van der Waals surface area contributed by atoms with Crippen molar-refractivity contribution in [1.82, 2.24) is 35.0 Å². The summed E-state index contributed by atoms with van der Waals surface area (Å²) in [6, 6.07) is 8.70. The molecule has 1 saturated carbocycles. The Kier molecular flexibility index (Phi) is 7.33. The molecule has 39 heavy (non-hydrogen) atoms. The van der Waals surface area contributed by atoms with Gasteiger partial charge in [-0.1, -0.05) is 50.3 Å². The average Bonchev–Trinajstić information content (AvgIpc) is 3.34. The van der Waals surface area contributed by atoms with Crippen molar-refractivity contribution in [2.45, 2.75) is 91.1 Å². The van der Waals surface area contributed by atoms with E-state index < -0.39 is 23.6 Å². The molecule has 1 aliphatic carbocycles. The first-order valence-electron chi connectivity index (χ1n) is 13.8. The van der Waals surface area contributed by atoms with Crippen molar-refractivity contribution in [3.8, 4) is 0 Å². The predicted molar refractivity (Wildman–Crippen MR) is 146 cm³/mol. The van der Waals surface area contributed by atoms with E-state index in [-0.39, 0.29) is 24.8 Å². The van der Waals surface area contributed by atoms with Crippen LogP contribution < -0.4 is 5.32 Å². The number of aliphatic hydroxyl groups is 1. The van der Waals surface area contributed by atoms with Gasteiger partial charge in [0, 0.05) is 37.3 Å². The minimum absolute atomic E-state index is 0.117. The summed E-state index contributed by atoms with van der Waals surface area (Å²) in [6.07, 6.45) is 3.51. The molecule has 2 amide bonds. The molecule has 2 aliphatic rings. The minimum atomic E-state index is -0.757. The van der Waals surface area contributed by atoms with Gasteiger partial charge in [0.1, 0.15) is 12.1 Å². The van der Waals surface area contributed by atoms with E-state index in [2.05, 4.69) is 26.8 Å². The third-order valence-electron chi connectivity index (χ3n) is 7.60. The van der Waals surface area contributed by atoms with E-state index in [9.17, 15) is 14.7 Å². The molecule has 10 heteroatoms. The zero-order valence-electron chi connectivity index (χ0n) is 23.5. The number of nitrogens with zero attached hydrogens (tertiary/aromatic N) is 6. The summed E-state index contributed by atoms with van der Waals surface area (Å²) >= 11 is 0. The maximum Gasteiger partial charge on any atom is 0.248 e. The van der Waals surface area contributed by atoms with E-state index in [4.69, 9.17) is 0 Å². The highest BCUT2D eigenvalue weighted by Crippen LogP contribution is 2.40. The van der Waals surface area contributed by atoms with Gasteiger partial charge in [0.15, 0.2) is 0 Å². The molecule has 2 fully saturated rings. The number of carbonyl (C=O) groups excluding carboxylic acids is 2. The molecule has 3 atom stereocenters. The highest BCUT2D eigenvalue weighted by atomic mass is 16.3. The second kappa shape index (κ2) is 10.6. The molecule has 3 aromatic rings. The van der Waals surface area contributed by atoms with Crippen molar-refractivity contribution in [1.29, 1.82) is 0 Å². The molecule has 0 spiro atoms. The molecule has 1 saturated heterocycles. The molecule has 1 aliphatic heterocycles. The number of aromatic nitrogens is 5. The van der Waals surface area contributed by atoms with Gasteiger partial charge in [0.05, 0.1) is 24.0 Å². The van der Waals surface area contributed by atoms with Crippen molar-refractivity contribution in [3.63, 3.8) is 0 Å². The van der Waals surface area contributed by atoms with E-state index in [1.165, 1.54) is 4.90 Å². The van der Waals surface area contributed by atoms with Crippen LogP contribution in [0.15, 0.2) is 36.5 Å². The average molecular weight is 534 g/mol. The van der Waals surface area contributed by atoms with Gasteiger partial charge in [0.25, 0.3) is 0 Å². The Morgan fingerprint density at radius 3 is 2.56 bits per heavy atom. The van der Waals surface area contributed by atoms with E-state index >= 15 is 0 Å². The van der Waals surface area contributed by atoms with Gasteiger partial charge < -0.3 is 15.3 Å². The van der Waals surface area contributed by atoms with Crippen LogP contribution in [0.2, 0.25) is 0 Å². The summed E-state index contributed by atoms with van der Waals surface area (Å²) in [7, 11) is 0.